The molecule has 1 aromatic carbocycles. The van der Waals surface area contributed by atoms with Crippen molar-refractivity contribution in [1.82, 2.24) is 15.1 Å². The lowest BCUT2D eigenvalue weighted by Crippen LogP contribution is -2.20. The van der Waals surface area contributed by atoms with Crippen molar-refractivity contribution < 1.29 is 4.42 Å². The van der Waals surface area contributed by atoms with E-state index in [1.807, 2.05) is 31.8 Å². The molecule has 0 saturated carbocycles. The van der Waals surface area contributed by atoms with Gasteiger partial charge in [0.1, 0.15) is 17.4 Å². The SMILES string of the molecule is CNC(c1cc2cc(C)ccc2o1)c1cc(C)nn1C. The molecular weight excluding hydrogens is 250 g/mol. The van der Waals surface area contributed by atoms with Gasteiger partial charge in [0.25, 0.3) is 0 Å². The number of nitrogens with zero attached hydrogens (tertiary/aromatic N) is 2. The molecule has 20 heavy (non-hydrogen) atoms. The Morgan fingerprint density at radius 2 is 2.00 bits per heavy atom. The average molecular weight is 269 g/mol. The quantitative estimate of drug-likeness (QED) is 0.794. The molecule has 0 amide bonds. The predicted octanol–water partition coefficient (Wildman–Crippen LogP) is 3.09. The third kappa shape index (κ3) is 2.12. The number of hydrogen-bond donors (Lipinski definition) is 1. The average Bonchev–Trinajstić information content (AvgIpc) is 2.94. The molecule has 3 aromatic rings. The molecule has 1 unspecified atom stereocenters. The third-order valence-corrected chi connectivity index (χ3v) is 3.60. The summed E-state index contributed by atoms with van der Waals surface area (Å²) in [5, 5.41) is 8.86. The fraction of sp³-hybridized carbons (Fsp3) is 0.312. The summed E-state index contributed by atoms with van der Waals surface area (Å²) in [5.41, 5.74) is 4.27. The largest absolute Gasteiger partial charge is 0.459 e. The monoisotopic (exact) mass is 269 g/mol. The second-order valence-electron chi connectivity index (χ2n) is 5.25. The van der Waals surface area contributed by atoms with E-state index in [9.17, 15) is 0 Å². The maximum atomic E-state index is 5.99. The molecular formula is C16H19N3O. The first-order chi connectivity index (χ1) is 9.58. The highest BCUT2D eigenvalue weighted by atomic mass is 16.3. The Bertz CT molecular complexity index is 754. The van der Waals surface area contributed by atoms with Crippen LogP contribution in [0.4, 0.5) is 0 Å². The van der Waals surface area contributed by atoms with Crippen LogP contribution in [0.25, 0.3) is 11.0 Å². The van der Waals surface area contributed by atoms with Crippen LogP contribution in [-0.2, 0) is 7.05 Å². The first-order valence-electron chi connectivity index (χ1n) is 6.76. The molecule has 0 aliphatic heterocycles. The Hall–Kier alpha value is -2.07. The Morgan fingerprint density at radius 3 is 2.65 bits per heavy atom. The van der Waals surface area contributed by atoms with Gasteiger partial charge in [0, 0.05) is 12.4 Å². The summed E-state index contributed by atoms with van der Waals surface area (Å²) in [5.74, 6) is 0.913. The molecule has 0 bridgehead atoms. The van der Waals surface area contributed by atoms with Crippen molar-refractivity contribution in [2.45, 2.75) is 19.9 Å². The Balaban J connectivity index is 2.09. The van der Waals surface area contributed by atoms with Gasteiger partial charge >= 0.3 is 0 Å². The predicted molar refractivity (Wildman–Crippen MR) is 79.8 cm³/mol. The first kappa shape index (κ1) is 12.9. The maximum Gasteiger partial charge on any atom is 0.134 e. The van der Waals surface area contributed by atoms with Crippen LogP contribution < -0.4 is 5.32 Å². The normalized spacial score (nSPS) is 13.0. The Morgan fingerprint density at radius 1 is 1.20 bits per heavy atom. The van der Waals surface area contributed by atoms with E-state index in [1.165, 1.54) is 5.56 Å². The van der Waals surface area contributed by atoms with Gasteiger partial charge in [-0.3, -0.25) is 4.68 Å². The second-order valence-corrected chi connectivity index (χ2v) is 5.25. The number of hydrogen-bond acceptors (Lipinski definition) is 3. The number of benzene rings is 1. The molecule has 0 aliphatic carbocycles. The van der Waals surface area contributed by atoms with Crippen molar-refractivity contribution in [2.75, 3.05) is 7.05 Å². The molecule has 104 valence electrons. The van der Waals surface area contributed by atoms with Crippen LogP contribution in [0.2, 0.25) is 0 Å². The van der Waals surface area contributed by atoms with Gasteiger partial charge < -0.3 is 9.73 Å². The highest BCUT2D eigenvalue weighted by Crippen LogP contribution is 2.28. The number of nitrogens with one attached hydrogen (secondary N) is 1. The van der Waals surface area contributed by atoms with Crippen LogP contribution in [0.3, 0.4) is 0 Å². The number of aryl methyl sites for hydroxylation is 3. The summed E-state index contributed by atoms with van der Waals surface area (Å²) < 4.78 is 7.89. The van der Waals surface area contributed by atoms with Crippen molar-refractivity contribution in [3.63, 3.8) is 0 Å². The van der Waals surface area contributed by atoms with Crippen molar-refractivity contribution in [3.8, 4) is 0 Å². The zero-order valence-corrected chi connectivity index (χ0v) is 12.3. The molecule has 0 spiro atoms. The smallest absolute Gasteiger partial charge is 0.134 e. The summed E-state index contributed by atoms with van der Waals surface area (Å²) in [6.07, 6.45) is 0. The fourth-order valence-electron chi connectivity index (χ4n) is 2.66. The van der Waals surface area contributed by atoms with Crippen LogP contribution in [0.5, 0.6) is 0 Å². The number of fused-ring (bicyclic) bond motifs is 1. The lowest BCUT2D eigenvalue weighted by atomic mass is 10.1. The van der Waals surface area contributed by atoms with Gasteiger partial charge in [0.2, 0.25) is 0 Å². The fourth-order valence-corrected chi connectivity index (χ4v) is 2.66. The van der Waals surface area contributed by atoms with Crippen molar-refractivity contribution in [3.05, 3.63) is 53.0 Å². The van der Waals surface area contributed by atoms with E-state index in [4.69, 9.17) is 4.42 Å². The van der Waals surface area contributed by atoms with Gasteiger partial charge in [0.05, 0.1) is 11.4 Å². The summed E-state index contributed by atoms with van der Waals surface area (Å²) in [4.78, 5) is 0. The van der Waals surface area contributed by atoms with E-state index < -0.39 is 0 Å². The van der Waals surface area contributed by atoms with E-state index in [1.54, 1.807) is 0 Å². The molecule has 2 aromatic heterocycles. The molecule has 0 fully saturated rings. The van der Waals surface area contributed by atoms with E-state index in [-0.39, 0.29) is 6.04 Å². The summed E-state index contributed by atoms with van der Waals surface area (Å²) >= 11 is 0. The van der Waals surface area contributed by atoms with Crippen molar-refractivity contribution >= 4 is 11.0 Å². The van der Waals surface area contributed by atoms with Crippen LogP contribution in [-0.4, -0.2) is 16.8 Å². The maximum absolute atomic E-state index is 5.99. The minimum Gasteiger partial charge on any atom is -0.459 e. The third-order valence-electron chi connectivity index (χ3n) is 3.60. The summed E-state index contributed by atoms with van der Waals surface area (Å²) in [7, 11) is 3.89. The second kappa shape index (κ2) is 4.80. The standard InChI is InChI=1S/C16H19N3O/c1-10-5-6-14-12(7-10)9-15(20-14)16(17-3)13-8-11(2)18-19(13)4/h5-9,16-17H,1-4H3. The van der Waals surface area contributed by atoms with Gasteiger partial charge in [-0.25, -0.2) is 0 Å². The van der Waals surface area contributed by atoms with Crippen LogP contribution in [0, 0.1) is 13.8 Å². The Labute approximate surface area is 118 Å². The van der Waals surface area contributed by atoms with Crippen molar-refractivity contribution in [1.29, 1.82) is 0 Å². The zero-order valence-electron chi connectivity index (χ0n) is 12.3. The van der Waals surface area contributed by atoms with Gasteiger partial charge in [-0.15, -0.1) is 0 Å². The van der Waals surface area contributed by atoms with Gasteiger partial charge in [-0.1, -0.05) is 11.6 Å². The van der Waals surface area contributed by atoms with E-state index in [2.05, 4.69) is 41.6 Å². The molecule has 4 nitrogen and oxygen atoms in total. The van der Waals surface area contributed by atoms with E-state index in [0.717, 1.165) is 28.1 Å². The van der Waals surface area contributed by atoms with Crippen LogP contribution in [0.1, 0.15) is 28.8 Å². The molecule has 0 radical (unpaired) electrons. The summed E-state index contributed by atoms with van der Waals surface area (Å²) in [6, 6.07) is 10.4. The minimum atomic E-state index is 0.00825. The molecule has 0 saturated heterocycles. The molecule has 4 heteroatoms. The lowest BCUT2D eigenvalue weighted by Gasteiger charge is -2.13. The van der Waals surface area contributed by atoms with Crippen molar-refractivity contribution in [2.24, 2.45) is 7.05 Å². The number of rotatable bonds is 3. The van der Waals surface area contributed by atoms with Crippen LogP contribution >= 0.6 is 0 Å². The topological polar surface area (TPSA) is 43.0 Å². The molecule has 1 N–H and O–H groups in total. The lowest BCUT2D eigenvalue weighted by molar-refractivity contribution is 0.473. The molecule has 2 heterocycles. The van der Waals surface area contributed by atoms with E-state index >= 15 is 0 Å². The highest BCUT2D eigenvalue weighted by Gasteiger charge is 2.20. The first-order valence-corrected chi connectivity index (χ1v) is 6.76. The van der Waals surface area contributed by atoms with E-state index in [0.29, 0.717) is 0 Å². The van der Waals surface area contributed by atoms with Crippen LogP contribution in [0.15, 0.2) is 34.7 Å². The van der Waals surface area contributed by atoms with Gasteiger partial charge in [-0.05, 0) is 45.2 Å². The van der Waals surface area contributed by atoms with Gasteiger partial charge in [0.15, 0.2) is 0 Å². The molecule has 0 aliphatic rings. The zero-order chi connectivity index (χ0) is 14.3. The Kier molecular flexibility index (Phi) is 3.10. The van der Waals surface area contributed by atoms with Gasteiger partial charge in [-0.2, -0.15) is 5.10 Å². The molecule has 3 rings (SSSR count). The number of furan rings is 1. The molecule has 1 atom stereocenters. The minimum absolute atomic E-state index is 0.00825. The number of aromatic nitrogens is 2. The highest BCUT2D eigenvalue weighted by molar-refractivity contribution is 5.78. The summed E-state index contributed by atoms with van der Waals surface area (Å²) in [6.45, 7) is 4.09.